The van der Waals surface area contributed by atoms with E-state index >= 15 is 0 Å². The molecule has 5 nitrogen and oxygen atoms in total. The molecule has 0 aliphatic carbocycles. The summed E-state index contributed by atoms with van der Waals surface area (Å²) < 4.78 is 26.6. The zero-order chi connectivity index (χ0) is 17.6. The van der Waals surface area contributed by atoms with E-state index < -0.39 is 5.82 Å². The van der Waals surface area contributed by atoms with E-state index in [1.165, 1.54) is 11.8 Å². The van der Waals surface area contributed by atoms with E-state index in [-0.39, 0.29) is 16.3 Å². The summed E-state index contributed by atoms with van der Waals surface area (Å²) in [7, 11) is 0. The monoisotopic (exact) mass is 447 g/mol. The molecule has 9 heteroatoms. The van der Waals surface area contributed by atoms with Crippen LogP contribution in [0.1, 0.15) is 18.4 Å². The van der Waals surface area contributed by atoms with Crippen LogP contribution in [-0.2, 0) is 4.74 Å². The van der Waals surface area contributed by atoms with Gasteiger partial charge in [-0.05, 0) is 35.0 Å². The molecule has 0 radical (unpaired) electrons. The lowest BCUT2D eigenvalue weighted by Crippen LogP contribution is -2.43. The summed E-state index contributed by atoms with van der Waals surface area (Å²) in [6.07, 6.45) is 5.73. The van der Waals surface area contributed by atoms with Crippen molar-refractivity contribution in [3.8, 4) is 5.75 Å². The van der Waals surface area contributed by atoms with Gasteiger partial charge in [0.25, 0.3) is 0 Å². The van der Waals surface area contributed by atoms with Crippen molar-refractivity contribution in [3.05, 3.63) is 32.2 Å². The van der Waals surface area contributed by atoms with Crippen LogP contribution in [0.5, 0.6) is 5.75 Å². The van der Waals surface area contributed by atoms with Gasteiger partial charge in [0.2, 0.25) is 0 Å². The Labute approximate surface area is 162 Å². The summed E-state index contributed by atoms with van der Waals surface area (Å²) in [6, 6.07) is 0.126. The average molecular weight is 449 g/mol. The fraction of sp³-hybridized carbons (Fsp3) is 0.438. The first kappa shape index (κ1) is 17.5. The number of nitrogens with one attached hydrogen (secondary N) is 1. The third-order valence-corrected chi connectivity index (χ3v) is 6.35. The molecule has 0 aromatic heterocycles. The quantitative estimate of drug-likeness (QED) is 0.679. The maximum absolute atomic E-state index is 14.9. The molecule has 4 rings (SSSR count). The minimum absolute atomic E-state index is 0.126. The summed E-state index contributed by atoms with van der Waals surface area (Å²) in [6.45, 7) is 1.73. The third-order valence-electron chi connectivity index (χ3n) is 4.41. The molecule has 1 fully saturated rings. The highest BCUT2D eigenvalue weighted by Gasteiger charge is 2.36. The molecule has 1 atom stereocenters. The van der Waals surface area contributed by atoms with Crippen molar-refractivity contribution in [1.82, 2.24) is 4.90 Å². The molecular formula is C16H16BrClFN3O2S. The number of halogens is 3. The van der Waals surface area contributed by atoms with E-state index in [2.05, 4.69) is 26.2 Å². The molecule has 0 amide bonds. The molecule has 3 aliphatic heterocycles. The van der Waals surface area contributed by atoms with Gasteiger partial charge in [-0.1, -0.05) is 23.4 Å². The van der Waals surface area contributed by atoms with Crippen LogP contribution in [0, 0.1) is 5.82 Å². The van der Waals surface area contributed by atoms with Gasteiger partial charge < -0.3 is 19.7 Å². The van der Waals surface area contributed by atoms with Crippen LogP contribution in [0.4, 0.5) is 10.1 Å². The Morgan fingerprint density at radius 2 is 2.36 bits per heavy atom. The van der Waals surface area contributed by atoms with Crippen molar-refractivity contribution in [2.75, 3.05) is 31.5 Å². The van der Waals surface area contributed by atoms with Crippen molar-refractivity contribution >= 4 is 50.8 Å². The summed E-state index contributed by atoms with van der Waals surface area (Å²) in [5.41, 5.74) is 1.19. The summed E-state index contributed by atoms with van der Waals surface area (Å²) >= 11 is 11.0. The van der Waals surface area contributed by atoms with Crippen LogP contribution in [0.3, 0.4) is 0 Å². The summed E-state index contributed by atoms with van der Waals surface area (Å²) in [5.74, 6) is 0.274. The highest BCUT2D eigenvalue weighted by atomic mass is 79.9. The van der Waals surface area contributed by atoms with Gasteiger partial charge in [0.15, 0.2) is 16.7 Å². The third kappa shape index (κ3) is 2.93. The normalized spacial score (nSPS) is 22.2. The summed E-state index contributed by atoms with van der Waals surface area (Å²) in [5, 5.41) is 4.02. The Balaban J connectivity index is 1.91. The first-order valence-electron chi connectivity index (χ1n) is 7.90. The van der Waals surface area contributed by atoms with Gasteiger partial charge in [-0.15, -0.1) is 0 Å². The van der Waals surface area contributed by atoms with Crippen LogP contribution in [0.25, 0.3) is 0 Å². The van der Waals surface area contributed by atoms with Crippen LogP contribution < -0.4 is 10.1 Å². The number of thioether (sulfide) groups is 1. The van der Waals surface area contributed by atoms with Crippen molar-refractivity contribution in [2.45, 2.75) is 18.9 Å². The lowest BCUT2D eigenvalue weighted by Gasteiger charge is -2.35. The van der Waals surface area contributed by atoms with E-state index in [4.69, 9.17) is 21.1 Å². The fourth-order valence-corrected chi connectivity index (χ4v) is 4.22. The second-order valence-corrected chi connectivity index (χ2v) is 7.85. The number of amidine groups is 1. The van der Waals surface area contributed by atoms with Crippen molar-refractivity contribution < 1.29 is 13.9 Å². The molecular weight excluding hydrogens is 433 g/mol. The van der Waals surface area contributed by atoms with Crippen molar-refractivity contribution in [1.29, 1.82) is 0 Å². The number of anilines is 1. The van der Waals surface area contributed by atoms with Gasteiger partial charge >= 0.3 is 0 Å². The molecule has 0 saturated carbocycles. The minimum atomic E-state index is -0.526. The first-order valence-corrected chi connectivity index (χ1v) is 10.3. The maximum atomic E-state index is 14.9. The molecule has 25 heavy (non-hydrogen) atoms. The lowest BCUT2D eigenvalue weighted by atomic mass is 10.0. The molecule has 1 aromatic carbocycles. The smallest absolute Gasteiger partial charge is 0.182 e. The predicted octanol–water partition coefficient (Wildman–Crippen LogP) is 4.41. The molecule has 134 valence electrons. The Morgan fingerprint density at radius 1 is 1.52 bits per heavy atom. The van der Waals surface area contributed by atoms with Gasteiger partial charge in [0, 0.05) is 6.61 Å². The zero-order valence-corrected chi connectivity index (χ0v) is 16.6. The molecule has 0 spiro atoms. The Hall–Kier alpha value is -0.960. The van der Waals surface area contributed by atoms with Gasteiger partial charge in [-0.25, -0.2) is 9.38 Å². The number of aliphatic imine (C=N–C) groups is 1. The number of hydrogen-bond acceptors (Lipinski definition) is 6. The van der Waals surface area contributed by atoms with Gasteiger partial charge in [-0.2, -0.15) is 0 Å². The SMILES string of the molecule is CSC1=CN(C2CCCOC2)C2=NCNc3c(Cl)c(Br)c(F)c(c32)O1. The van der Waals surface area contributed by atoms with E-state index in [0.717, 1.165) is 19.4 Å². The Kier molecular flexibility index (Phi) is 4.87. The molecule has 3 heterocycles. The topological polar surface area (TPSA) is 46.1 Å². The molecule has 3 aliphatic rings. The van der Waals surface area contributed by atoms with Crippen LogP contribution in [0.2, 0.25) is 5.02 Å². The van der Waals surface area contributed by atoms with Gasteiger partial charge in [0.05, 0.1) is 39.6 Å². The largest absolute Gasteiger partial charge is 0.445 e. The van der Waals surface area contributed by atoms with Crippen LogP contribution in [-0.4, -0.2) is 42.9 Å². The minimum Gasteiger partial charge on any atom is -0.445 e. The van der Waals surface area contributed by atoms with E-state index in [0.29, 0.717) is 40.5 Å². The Morgan fingerprint density at radius 3 is 3.08 bits per heavy atom. The molecule has 0 bridgehead atoms. The molecule has 1 aromatic rings. The average Bonchev–Trinajstić information content (AvgIpc) is 2.83. The number of benzene rings is 1. The second kappa shape index (κ2) is 6.98. The van der Waals surface area contributed by atoms with Gasteiger partial charge in [-0.3, -0.25) is 0 Å². The first-order chi connectivity index (χ1) is 12.1. The van der Waals surface area contributed by atoms with E-state index in [1.54, 1.807) is 0 Å². The number of hydrogen-bond donors (Lipinski definition) is 1. The van der Waals surface area contributed by atoms with Gasteiger partial charge in [0.1, 0.15) is 12.5 Å². The number of rotatable bonds is 2. The van der Waals surface area contributed by atoms with E-state index in [9.17, 15) is 4.39 Å². The second-order valence-electron chi connectivity index (χ2n) is 5.87. The fourth-order valence-electron chi connectivity index (χ4n) is 3.21. The number of nitrogens with zero attached hydrogens (tertiary/aromatic N) is 2. The summed E-state index contributed by atoms with van der Waals surface area (Å²) in [4.78, 5) is 6.65. The van der Waals surface area contributed by atoms with Crippen LogP contribution >= 0.6 is 39.3 Å². The maximum Gasteiger partial charge on any atom is 0.182 e. The highest BCUT2D eigenvalue weighted by molar-refractivity contribution is 9.10. The molecule has 1 N–H and O–H groups in total. The van der Waals surface area contributed by atoms with Crippen molar-refractivity contribution in [2.24, 2.45) is 4.99 Å². The van der Waals surface area contributed by atoms with Crippen molar-refractivity contribution in [3.63, 3.8) is 0 Å². The lowest BCUT2D eigenvalue weighted by molar-refractivity contribution is 0.0524. The Bertz CT molecular complexity index is 783. The standard InChI is InChI=1S/C16H16BrClFN3O2S/c1-25-9-5-22(8-3-2-4-23-6-8)16-10-14(20-7-21-16)12(18)11(17)13(19)15(10)24-9/h5,8,20H,2-4,6-7H2,1H3. The highest BCUT2D eigenvalue weighted by Crippen LogP contribution is 2.46. The zero-order valence-electron chi connectivity index (χ0n) is 13.4. The van der Waals surface area contributed by atoms with E-state index in [1.807, 2.05) is 17.4 Å². The molecule has 1 unspecified atom stereocenters. The number of ether oxygens (including phenoxy) is 2. The van der Waals surface area contributed by atoms with Crippen LogP contribution in [0.15, 0.2) is 20.8 Å². The predicted molar refractivity (Wildman–Crippen MR) is 102 cm³/mol. The molecule has 1 saturated heterocycles.